The Bertz CT molecular complexity index is 413. The highest BCUT2D eigenvalue weighted by Crippen LogP contribution is 2.19. The van der Waals surface area contributed by atoms with Gasteiger partial charge in [0.05, 0.1) is 0 Å². The zero-order valence-corrected chi connectivity index (χ0v) is 13.1. The molecule has 1 aliphatic heterocycles. The van der Waals surface area contributed by atoms with E-state index < -0.39 is 0 Å². The fourth-order valence-electron chi connectivity index (χ4n) is 3.07. The third kappa shape index (κ3) is 4.22. The molecule has 2 N–H and O–H groups in total. The second-order valence-electron chi connectivity index (χ2n) is 6.09. The van der Waals surface area contributed by atoms with Crippen molar-refractivity contribution in [3.05, 3.63) is 29.3 Å². The zero-order chi connectivity index (χ0) is 14.5. The molecule has 1 fully saturated rings. The van der Waals surface area contributed by atoms with Crippen molar-refractivity contribution in [1.82, 2.24) is 4.90 Å². The minimum atomic E-state index is 0.386. The van der Waals surface area contributed by atoms with Gasteiger partial charge in [-0.05, 0) is 56.0 Å². The molecule has 0 aromatic heterocycles. The number of ether oxygens (including phenoxy) is 1. The molecule has 0 saturated carbocycles. The molecule has 0 aliphatic carbocycles. The van der Waals surface area contributed by atoms with Gasteiger partial charge in [-0.1, -0.05) is 19.4 Å². The zero-order valence-electron chi connectivity index (χ0n) is 13.1. The summed E-state index contributed by atoms with van der Waals surface area (Å²) in [5, 5.41) is 0. The second kappa shape index (κ2) is 7.09. The lowest BCUT2D eigenvalue weighted by molar-refractivity contribution is 0.130. The minimum absolute atomic E-state index is 0.386. The van der Waals surface area contributed by atoms with Crippen molar-refractivity contribution in [2.45, 2.75) is 39.7 Å². The summed E-state index contributed by atoms with van der Waals surface area (Å²) in [6, 6.07) is 6.77. The van der Waals surface area contributed by atoms with Gasteiger partial charge in [0.2, 0.25) is 0 Å². The fraction of sp³-hybridized carbons (Fsp3) is 0.647. The van der Waals surface area contributed by atoms with Crippen molar-refractivity contribution in [1.29, 1.82) is 0 Å². The Labute approximate surface area is 123 Å². The molecule has 2 rings (SSSR count). The highest BCUT2D eigenvalue weighted by molar-refractivity contribution is 5.32. The summed E-state index contributed by atoms with van der Waals surface area (Å²) in [5.74, 6) is 1.63. The number of nitrogens with zero attached hydrogens (tertiary/aromatic N) is 1. The van der Waals surface area contributed by atoms with E-state index in [1.165, 1.54) is 17.5 Å². The quantitative estimate of drug-likeness (QED) is 0.898. The molecule has 0 amide bonds. The van der Waals surface area contributed by atoms with Crippen LogP contribution in [0.5, 0.6) is 5.75 Å². The Balaban J connectivity index is 1.78. The third-order valence-corrected chi connectivity index (χ3v) is 4.27. The standard InChI is InChI=1S/C17H28N2O/c1-4-15-12-19(6-5-17(15)18)7-8-20-16-10-13(2)9-14(3)11-16/h9-11,15,17H,4-8,12,18H2,1-3H3. The number of hydrogen-bond donors (Lipinski definition) is 1. The van der Waals surface area contributed by atoms with Crippen LogP contribution < -0.4 is 10.5 Å². The molecule has 0 radical (unpaired) electrons. The van der Waals surface area contributed by atoms with Gasteiger partial charge in [0.25, 0.3) is 0 Å². The number of nitrogens with two attached hydrogens (primary N) is 1. The first-order chi connectivity index (χ1) is 9.58. The van der Waals surface area contributed by atoms with Gasteiger partial charge < -0.3 is 10.5 Å². The van der Waals surface area contributed by atoms with E-state index in [4.69, 9.17) is 10.5 Å². The molecule has 20 heavy (non-hydrogen) atoms. The molecular formula is C17H28N2O. The van der Waals surface area contributed by atoms with Crippen molar-refractivity contribution in [2.24, 2.45) is 11.7 Å². The monoisotopic (exact) mass is 276 g/mol. The average molecular weight is 276 g/mol. The van der Waals surface area contributed by atoms with E-state index in [1.54, 1.807) is 0 Å². The molecule has 0 bridgehead atoms. The van der Waals surface area contributed by atoms with Gasteiger partial charge in [0, 0.05) is 19.1 Å². The number of hydrogen-bond acceptors (Lipinski definition) is 3. The van der Waals surface area contributed by atoms with E-state index in [0.717, 1.165) is 38.4 Å². The lowest BCUT2D eigenvalue weighted by Gasteiger charge is -2.36. The van der Waals surface area contributed by atoms with Gasteiger partial charge in [-0.3, -0.25) is 4.90 Å². The van der Waals surface area contributed by atoms with Crippen LogP contribution in [0, 0.1) is 19.8 Å². The number of rotatable bonds is 5. The highest BCUT2D eigenvalue weighted by atomic mass is 16.5. The number of aryl methyl sites for hydroxylation is 2. The average Bonchev–Trinajstić information content (AvgIpc) is 2.39. The molecule has 112 valence electrons. The highest BCUT2D eigenvalue weighted by Gasteiger charge is 2.24. The van der Waals surface area contributed by atoms with Gasteiger partial charge in [0.15, 0.2) is 0 Å². The summed E-state index contributed by atoms with van der Waals surface area (Å²) in [4.78, 5) is 2.49. The molecule has 3 heteroatoms. The van der Waals surface area contributed by atoms with Crippen LogP contribution >= 0.6 is 0 Å². The van der Waals surface area contributed by atoms with Gasteiger partial charge in [0.1, 0.15) is 12.4 Å². The summed E-state index contributed by atoms with van der Waals surface area (Å²) >= 11 is 0. The Kier molecular flexibility index (Phi) is 5.44. The maximum absolute atomic E-state index is 6.15. The van der Waals surface area contributed by atoms with Gasteiger partial charge >= 0.3 is 0 Å². The first-order valence-electron chi connectivity index (χ1n) is 7.77. The van der Waals surface area contributed by atoms with Crippen LogP contribution in [0.3, 0.4) is 0 Å². The van der Waals surface area contributed by atoms with Crippen molar-refractivity contribution < 1.29 is 4.74 Å². The lowest BCUT2D eigenvalue weighted by Crippen LogP contribution is -2.47. The van der Waals surface area contributed by atoms with Crippen molar-refractivity contribution >= 4 is 0 Å². The van der Waals surface area contributed by atoms with Gasteiger partial charge in [-0.2, -0.15) is 0 Å². The molecule has 0 spiro atoms. The Morgan fingerprint density at radius 1 is 1.25 bits per heavy atom. The number of piperidine rings is 1. The second-order valence-corrected chi connectivity index (χ2v) is 6.09. The first-order valence-corrected chi connectivity index (χ1v) is 7.77. The predicted octanol–water partition coefficient (Wildman–Crippen LogP) is 2.74. The lowest BCUT2D eigenvalue weighted by atomic mass is 9.91. The maximum Gasteiger partial charge on any atom is 0.119 e. The van der Waals surface area contributed by atoms with Crippen LogP contribution in [0.25, 0.3) is 0 Å². The molecule has 3 nitrogen and oxygen atoms in total. The van der Waals surface area contributed by atoms with Gasteiger partial charge in [-0.25, -0.2) is 0 Å². The van der Waals surface area contributed by atoms with Crippen LogP contribution in [0.15, 0.2) is 18.2 Å². The Morgan fingerprint density at radius 2 is 1.95 bits per heavy atom. The van der Waals surface area contributed by atoms with E-state index in [2.05, 4.69) is 43.9 Å². The number of benzene rings is 1. The molecule has 1 heterocycles. The van der Waals surface area contributed by atoms with Crippen molar-refractivity contribution in [2.75, 3.05) is 26.2 Å². The first kappa shape index (κ1) is 15.3. The van der Waals surface area contributed by atoms with Crippen molar-refractivity contribution in [3.8, 4) is 5.75 Å². The molecule has 1 aliphatic rings. The summed E-state index contributed by atoms with van der Waals surface area (Å²) < 4.78 is 5.89. The van der Waals surface area contributed by atoms with Crippen LogP contribution in [-0.4, -0.2) is 37.2 Å². The number of likely N-dealkylation sites (tertiary alicyclic amines) is 1. The Morgan fingerprint density at radius 3 is 2.60 bits per heavy atom. The van der Waals surface area contributed by atoms with E-state index in [-0.39, 0.29) is 0 Å². The topological polar surface area (TPSA) is 38.5 Å². The predicted molar refractivity (Wildman–Crippen MR) is 84.2 cm³/mol. The van der Waals surface area contributed by atoms with Crippen LogP contribution in [0.2, 0.25) is 0 Å². The van der Waals surface area contributed by atoms with E-state index >= 15 is 0 Å². The Hall–Kier alpha value is -1.06. The third-order valence-electron chi connectivity index (χ3n) is 4.27. The maximum atomic E-state index is 6.15. The van der Waals surface area contributed by atoms with E-state index in [9.17, 15) is 0 Å². The molecular weight excluding hydrogens is 248 g/mol. The van der Waals surface area contributed by atoms with Crippen LogP contribution in [0.1, 0.15) is 30.9 Å². The summed E-state index contributed by atoms with van der Waals surface area (Å²) in [5.41, 5.74) is 8.67. The van der Waals surface area contributed by atoms with Crippen LogP contribution in [-0.2, 0) is 0 Å². The molecule has 2 atom stereocenters. The normalized spacial score (nSPS) is 23.8. The van der Waals surface area contributed by atoms with Gasteiger partial charge in [-0.15, -0.1) is 0 Å². The SMILES string of the molecule is CCC1CN(CCOc2cc(C)cc(C)c2)CCC1N. The van der Waals surface area contributed by atoms with E-state index in [1.807, 2.05) is 0 Å². The molecule has 1 aromatic rings. The smallest absolute Gasteiger partial charge is 0.119 e. The minimum Gasteiger partial charge on any atom is -0.492 e. The summed E-state index contributed by atoms with van der Waals surface area (Å²) in [7, 11) is 0. The summed E-state index contributed by atoms with van der Waals surface area (Å²) in [6.45, 7) is 10.4. The van der Waals surface area contributed by atoms with Crippen LogP contribution in [0.4, 0.5) is 0 Å². The molecule has 1 aromatic carbocycles. The van der Waals surface area contributed by atoms with E-state index in [0.29, 0.717) is 12.0 Å². The largest absolute Gasteiger partial charge is 0.492 e. The van der Waals surface area contributed by atoms with Crippen molar-refractivity contribution in [3.63, 3.8) is 0 Å². The fourth-order valence-corrected chi connectivity index (χ4v) is 3.07. The summed E-state index contributed by atoms with van der Waals surface area (Å²) in [6.07, 6.45) is 2.29. The molecule has 2 unspecified atom stereocenters. The molecule has 1 saturated heterocycles.